The van der Waals surface area contributed by atoms with Crippen molar-refractivity contribution in [3.8, 4) is 0 Å². The minimum atomic E-state index is -0.621. The van der Waals surface area contributed by atoms with Crippen molar-refractivity contribution >= 4 is 17.8 Å². The van der Waals surface area contributed by atoms with Crippen LogP contribution >= 0.6 is 0 Å². The van der Waals surface area contributed by atoms with Crippen molar-refractivity contribution < 1.29 is 14.4 Å². The fourth-order valence-corrected chi connectivity index (χ4v) is 2.63. The molecule has 1 saturated heterocycles. The SMILES string of the molecule is CCCn1nc(C)c(CNC(=O)CC[C@@H]2NC(=O)NC2=O)c1C. The summed E-state index contributed by atoms with van der Waals surface area (Å²) in [6, 6.07) is -1.13. The molecule has 1 aromatic rings. The topological polar surface area (TPSA) is 105 Å². The third kappa shape index (κ3) is 4.08. The molecule has 1 aromatic heterocycles. The largest absolute Gasteiger partial charge is 0.352 e. The van der Waals surface area contributed by atoms with Crippen molar-refractivity contribution in [1.29, 1.82) is 0 Å². The molecule has 126 valence electrons. The highest BCUT2D eigenvalue weighted by atomic mass is 16.2. The molecule has 1 fully saturated rings. The highest BCUT2D eigenvalue weighted by Gasteiger charge is 2.29. The third-order valence-corrected chi connectivity index (χ3v) is 3.95. The van der Waals surface area contributed by atoms with Crippen LogP contribution in [0.1, 0.15) is 43.1 Å². The number of hydrogen-bond acceptors (Lipinski definition) is 4. The Bertz CT molecular complexity index is 623. The lowest BCUT2D eigenvalue weighted by Crippen LogP contribution is -2.31. The van der Waals surface area contributed by atoms with E-state index in [1.54, 1.807) is 0 Å². The third-order valence-electron chi connectivity index (χ3n) is 3.95. The van der Waals surface area contributed by atoms with Gasteiger partial charge in [0.25, 0.3) is 5.91 Å². The molecule has 2 rings (SSSR count). The molecule has 0 spiro atoms. The van der Waals surface area contributed by atoms with Crippen molar-refractivity contribution in [3.05, 3.63) is 17.0 Å². The zero-order chi connectivity index (χ0) is 17.0. The van der Waals surface area contributed by atoms with E-state index in [4.69, 9.17) is 0 Å². The molecular weight excluding hydrogens is 298 g/mol. The van der Waals surface area contributed by atoms with Gasteiger partial charge in [-0.2, -0.15) is 5.10 Å². The number of amides is 4. The van der Waals surface area contributed by atoms with E-state index in [1.807, 2.05) is 18.5 Å². The molecule has 3 N–H and O–H groups in total. The molecule has 4 amide bonds. The number of rotatable bonds is 7. The second-order valence-electron chi connectivity index (χ2n) is 5.70. The van der Waals surface area contributed by atoms with Crippen LogP contribution in [0.5, 0.6) is 0 Å². The summed E-state index contributed by atoms with van der Waals surface area (Å²) in [7, 11) is 0. The van der Waals surface area contributed by atoms with Gasteiger partial charge in [0.05, 0.1) is 5.69 Å². The summed E-state index contributed by atoms with van der Waals surface area (Å²) in [6.07, 6.45) is 1.47. The number of imide groups is 1. The van der Waals surface area contributed by atoms with E-state index in [-0.39, 0.29) is 24.7 Å². The first-order valence-electron chi connectivity index (χ1n) is 7.83. The minimum Gasteiger partial charge on any atom is -0.352 e. The molecule has 2 heterocycles. The summed E-state index contributed by atoms with van der Waals surface area (Å²) < 4.78 is 1.95. The molecule has 8 nitrogen and oxygen atoms in total. The van der Waals surface area contributed by atoms with E-state index in [0.29, 0.717) is 6.54 Å². The highest BCUT2D eigenvalue weighted by molar-refractivity contribution is 6.04. The second kappa shape index (κ2) is 7.26. The average molecular weight is 321 g/mol. The summed E-state index contributed by atoms with van der Waals surface area (Å²) in [6.45, 7) is 7.30. The normalized spacial score (nSPS) is 17.1. The number of nitrogens with one attached hydrogen (secondary N) is 3. The molecule has 1 aliphatic rings. The summed E-state index contributed by atoms with van der Waals surface area (Å²) in [5.74, 6) is -0.531. The molecule has 0 saturated carbocycles. The van der Waals surface area contributed by atoms with E-state index in [1.165, 1.54) is 0 Å². The fraction of sp³-hybridized carbons (Fsp3) is 0.600. The van der Waals surface area contributed by atoms with E-state index < -0.39 is 12.1 Å². The summed E-state index contributed by atoms with van der Waals surface area (Å²) >= 11 is 0. The van der Waals surface area contributed by atoms with Gasteiger partial charge in [0.15, 0.2) is 0 Å². The van der Waals surface area contributed by atoms with Gasteiger partial charge in [0.2, 0.25) is 5.91 Å². The van der Waals surface area contributed by atoms with Crippen molar-refractivity contribution in [3.63, 3.8) is 0 Å². The van der Waals surface area contributed by atoms with Crippen LogP contribution in [0.3, 0.4) is 0 Å². The van der Waals surface area contributed by atoms with Gasteiger partial charge in [-0.05, 0) is 26.7 Å². The molecule has 1 atom stereocenters. The molecule has 1 aliphatic heterocycles. The van der Waals surface area contributed by atoms with Crippen LogP contribution in [0.4, 0.5) is 4.79 Å². The van der Waals surface area contributed by atoms with Crippen molar-refractivity contribution in [2.75, 3.05) is 0 Å². The Balaban J connectivity index is 1.83. The predicted molar refractivity (Wildman–Crippen MR) is 83.5 cm³/mol. The van der Waals surface area contributed by atoms with E-state index in [9.17, 15) is 14.4 Å². The molecule has 23 heavy (non-hydrogen) atoms. The second-order valence-corrected chi connectivity index (χ2v) is 5.70. The summed E-state index contributed by atoms with van der Waals surface area (Å²) in [5, 5.41) is 11.9. The minimum absolute atomic E-state index is 0.152. The molecule has 0 radical (unpaired) electrons. The fourth-order valence-electron chi connectivity index (χ4n) is 2.63. The van der Waals surface area contributed by atoms with Crippen molar-refractivity contribution in [2.45, 2.75) is 59.2 Å². The smallest absolute Gasteiger partial charge is 0.322 e. The van der Waals surface area contributed by atoms with Crippen LogP contribution in [0.15, 0.2) is 0 Å². The number of carbonyl (C=O) groups excluding carboxylic acids is 3. The Morgan fingerprint density at radius 1 is 1.35 bits per heavy atom. The van der Waals surface area contributed by atoms with Gasteiger partial charge in [0.1, 0.15) is 6.04 Å². The van der Waals surface area contributed by atoms with E-state index in [2.05, 4.69) is 28.0 Å². The average Bonchev–Trinajstić information content (AvgIpc) is 2.95. The maximum absolute atomic E-state index is 11.9. The van der Waals surface area contributed by atoms with Crippen LogP contribution < -0.4 is 16.0 Å². The Morgan fingerprint density at radius 2 is 2.09 bits per heavy atom. The lowest BCUT2D eigenvalue weighted by atomic mass is 10.1. The van der Waals surface area contributed by atoms with Gasteiger partial charge < -0.3 is 10.6 Å². The van der Waals surface area contributed by atoms with Gasteiger partial charge in [-0.1, -0.05) is 6.92 Å². The number of hydrogen-bond donors (Lipinski definition) is 3. The van der Waals surface area contributed by atoms with Gasteiger partial charge in [-0.15, -0.1) is 0 Å². The quantitative estimate of drug-likeness (QED) is 0.636. The monoisotopic (exact) mass is 321 g/mol. The van der Waals surface area contributed by atoms with Crippen LogP contribution in [0.25, 0.3) is 0 Å². The van der Waals surface area contributed by atoms with E-state index >= 15 is 0 Å². The Hall–Kier alpha value is -2.38. The molecule has 8 heteroatoms. The molecule has 0 unspecified atom stereocenters. The summed E-state index contributed by atoms with van der Waals surface area (Å²) in [4.78, 5) is 34.3. The summed E-state index contributed by atoms with van der Waals surface area (Å²) in [5.41, 5.74) is 3.00. The number of aromatic nitrogens is 2. The number of aryl methyl sites for hydroxylation is 2. The number of carbonyl (C=O) groups is 3. The Labute approximate surface area is 135 Å². The molecular formula is C15H23N5O3. The van der Waals surface area contributed by atoms with Crippen molar-refractivity contribution in [2.24, 2.45) is 0 Å². The Morgan fingerprint density at radius 3 is 2.70 bits per heavy atom. The number of urea groups is 1. The standard InChI is InChI=1S/C15H23N5O3/c1-4-7-20-10(3)11(9(2)19-20)8-16-13(21)6-5-12-14(22)18-15(23)17-12/h12H,4-8H2,1-3H3,(H,16,21)(H2,17,18,22,23)/t12-/m0/s1. The lowest BCUT2D eigenvalue weighted by molar-refractivity contribution is -0.122. The zero-order valence-electron chi connectivity index (χ0n) is 13.7. The lowest BCUT2D eigenvalue weighted by Gasteiger charge is -2.08. The van der Waals surface area contributed by atoms with Crippen LogP contribution in [-0.2, 0) is 22.7 Å². The highest BCUT2D eigenvalue weighted by Crippen LogP contribution is 2.13. The van der Waals surface area contributed by atoms with E-state index in [0.717, 1.165) is 29.9 Å². The van der Waals surface area contributed by atoms with Gasteiger partial charge in [0, 0.05) is 30.8 Å². The Kier molecular flexibility index (Phi) is 5.36. The van der Waals surface area contributed by atoms with Crippen LogP contribution in [0.2, 0.25) is 0 Å². The van der Waals surface area contributed by atoms with Gasteiger partial charge in [-0.25, -0.2) is 4.79 Å². The first kappa shape index (κ1) is 17.0. The molecule has 0 aromatic carbocycles. The zero-order valence-corrected chi connectivity index (χ0v) is 13.7. The van der Waals surface area contributed by atoms with Gasteiger partial charge in [-0.3, -0.25) is 19.6 Å². The van der Waals surface area contributed by atoms with Crippen LogP contribution in [0, 0.1) is 13.8 Å². The maximum atomic E-state index is 11.9. The first-order chi connectivity index (χ1) is 10.9. The maximum Gasteiger partial charge on any atom is 0.322 e. The molecule has 0 bridgehead atoms. The van der Waals surface area contributed by atoms with Crippen LogP contribution in [-0.4, -0.2) is 33.7 Å². The molecule has 0 aliphatic carbocycles. The van der Waals surface area contributed by atoms with Gasteiger partial charge >= 0.3 is 6.03 Å². The number of nitrogens with zero attached hydrogens (tertiary/aromatic N) is 2. The van der Waals surface area contributed by atoms with Crippen molar-refractivity contribution in [1.82, 2.24) is 25.7 Å². The first-order valence-corrected chi connectivity index (χ1v) is 7.83. The predicted octanol–water partition coefficient (Wildman–Crippen LogP) is 0.514.